The zero-order valence-electron chi connectivity index (χ0n) is 5.37. The van der Waals surface area contributed by atoms with E-state index in [0.29, 0.717) is 11.8 Å². The Balaban J connectivity index is 3.15. The fourth-order valence-corrected chi connectivity index (χ4v) is 0.418. The zero-order chi connectivity index (χ0) is 6.41. The molecule has 0 aliphatic rings. The molecule has 8 heavy (non-hydrogen) atoms. The molecule has 0 heterocycles. The molecule has 0 N–H and O–H groups in total. The van der Waals surface area contributed by atoms with E-state index in [-0.39, 0.29) is 0 Å². The van der Waals surface area contributed by atoms with Gasteiger partial charge in [-0.3, -0.25) is 0 Å². The third kappa shape index (κ3) is 5.85. The Labute approximate surface area is 56.2 Å². The summed E-state index contributed by atoms with van der Waals surface area (Å²) in [6.07, 6.45) is 0.965. The minimum absolute atomic E-state index is 0.465. The van der Waals surface area contributed by atoms with E-state index in [0.717, 1.165) is 6.42 Å². The molecule has 0 aliphatic heterocycles. The lowest BCUT2D eigenvalue weighted by molar-refractivity contribution is 0.676. The van der Waals surface area contributed by atoms with E-state index in [1.54, 1.807) is 0 Å². The summed E-state index contributed by atoms with van der Waals surface area (Å²) in [6, 6.07) is 0. The van der Waals surface area contributed by atoms with Crippen LogP contribution in [0.1, 0.15) is 20.3 Å². The van der Waals surface area contributed by atoms with Crippen molar-refractivity contribution in [3.63, 3.8) is 0 Å². The number of hydrogen-bond donors (Lipinski definition) is 0. The molecule has 0 nitrogen and oxygen atoms in total. The molecule has 0 saturated carbocycles. The fraction of sp³-hybridized carbons (Fsp3) is 0.714. The van der Waals surface area contributed by atoms with Crippen molar-refractivity contribution in [1.82, 2.24) is 0 Å². The Morgan fingerprint density at radius 2 is 2.00 bits per heavy atom. The molecule has 0 fully saturated rings. The summed E-state index contributed by atoms with van der Waals surface area (Å²) in [6.45, 7) is 4.28. The molecule has 0 aromatic rings. The second kappa shape index (κ2) is 5.00. The molecular weight excluding hydrogens is 120 g/mol. The van der Waals surface area contributed by atoms with Crippen LogP contribution in [0, 0.1) is 17.8 Å². The van der Waals surface area contributed by atoms with Crippen LogP contribution in [0.25, 0.3) is 0 Å². The fourth-order valence-electron chi connectivity index (χ4n) is 0.324. The van der Waals surface area contributed by atoms with Gasteiger partial charge < -0.3 is 0 Å². The van der Waals surface area contributed by atoms with Gasteiger partial charge >= 0.3 is 0 Å². The number of halogens is 1. The number of alkyl halides is 1. The van der Waals surface area contributed by atoms with Gasteiger partial charge in [0, 0.05) is 6.42 Å². The summed E-state index contributed by atoms with van der Waals surface area (Å²) in [5, 5.41) is 0. The molecule has 1 heteroatoms. The maximum absolute atomic E-state index is 5.31. The van der Waals surface area contributed by atoms with E-state index in [1.807, 2.05) is 0 Å². The summed E-state index contributed by atoms with van der Waals surface area (Å²) in [4.78, 5) is 0. The van der Waals surface area contributed by atoms with Crippen LogP contribution < -0.4 is 0 Å². The third-order valence-corrected chi connectivity index (χ3v) is 0.836. The van der Waals surface area contributed by atoms with Crippen LogP contribution in [0.5, 0.6) is 0 Å². The first-order chi connectivity index (χ1) is 3.77. The molecule has 0 rings (SSSR count). The molecule has 0 unspecified atom stereocenters. The van der Waals surface area contributed by atoms with Gasteiger partial charge in [0.25, 0.3) is 0 Å². The number of rotatable bonds is 1. The lowest BCUT2D eigenvalue weighted by atomic mass is 10.1. The number of hydrogen-bond acceptors (Lipinski definition) is 0. The molecule has 46 valence electrons. The van der Waals surface area contributed by atoms with Crippen molar-refractivity contribution >= 4 is 11.6 Å². The van der Waals surface area contributed by atoms with E-state index in [4.69, 9.17) is 11.6 Å². The van der Waals surface area contributed by atoms with Gasteiger partial charge in [0.1, 0.15) is 0 Å². The van der Waals surface area contributed by atoms with Gasteiger partial charge in [-0.2, -0.15) is 0 Å². The molecular formula is C7H11Cl. The van der Waals surface area contributed by atoms with Crippen LogP contribution in [-0.2, 0) is 0 Å². The third-order valence-electron chi connectivity index (χ3n) is 0.702. The Bertz CT molecular complexity index is 94.7. The minimum atomic E-state index is 0.465. The monoisotopic (exact) mass is 130 g/mol. The summed E-state index contributed by atoms with van der Waals surface area (Å²) in [7, 11) is 0. The van der Waals surface area contributed by atoms with Gasteiger partial charge in [0.05, 0.1) is 5.88 Å². The predicted octanol–water partition coefficient (Wildman–Crippen LogP) is 2.27. The Hall–Kier alpha value is -0.150. The highest BCUT2D eigenvalue weighted by molar-refractivity contribution is 6.19. The molecule has 0 radical (unpaired) electrons. The molecule has 0 amide bonds. The first-order valence-electron chi connectivity index (χ1n) is 2.79. The van der Waals surface area contributed by atoms with Gasteiger partial charge in [-0.1, -0.05) is 19.8 Å². The van der Waals surface area contributed by atoms with Crippen LogP contribution in [0.3, 0.4) is 0 Å². The average molecular weight is 131 g/mol. The normalized spacial score (nSPS) is 8.50. The minimum Gasteiger partial charge on any atom is -0.113 e. The smallest absolute Gasteiger partial charge is 0.0835 e. The van der Waals surface area contributed by atoms with Crippen molar-refractivity contribution in [1.29, 1.82) is 0 Å². The van der Waals surface area contributed by atoms with E-state index in [9.17, 15) is 0 Å². The van der Waals surface area contributed by atoms with Gasteiger partial charge in [0.2, 0.25) is 0 Å². The Morgan fingerprint density at radius 3 is 2.38 bits per heavy atom. The van der Waals surface area contributed by atoms with E-state index < -0.39 is 0 Å². The van der Waals surface area contributed by atoms with E-state index in [1.165, 1.54) is 0 Å². The Kier molecular flexibility index (Phi) is 4.90. The molecule has 0 aliphatic carbocycles. The molecule has 0 atom stereocenters. The molecule has 0 saturated heterocycles. The average Bonchev–Trinajstić information content (AvgIpc) is 1.66. The van der Waals surface area contributed by atoms with Gasteiger partial charge in [-0.15, -0.1) is 17.5 Å². The van der Waals surface area contributed by atoms with Crippen LogP contribution in [-0.4, -0.2) is 5.88 Å². The molecule has 0 spiro atoms. The van der Waals surface area contributed by atoms with Gasteiger partial charge in [-0.05, 0) is 5.92 Å². The summed E-state index contributed by atoms with van der Waals surface area (Å²) in [5.74, 6) is 6.88. The lowest BCUT2D eigenvalue weighted by Gasteiger charge is -1.91. The van der Waals surface area contributed by atoms with Gasteiger partial charge in [-0.25, -0.2) is 0 Å². The first-order valence-corrected chi connectivity index (χ1v) is 3.32. The van der Waals surface area contributed by atoms with Crippen LogP contribution in [0.2, 0.25) is 0 Å². The van der Waals surface area contributed by atoms with Gasteiger partial charge in [0.15, 0.2) is 0 Å². The SMILES string of the molecule is CC(C)CC#CCCl. The molecule has 0 aromatic heterocycles. The quantitative estimate of drug-likeness (QED) is 0.377. The van der Waals surface area contributed by atoms with Crippen molar-refractivity contribution in [3.8, 4) is 11.8 Å². The van der Waals surface area contributed by atoms with E-state index >= 15 is 0 Å². The van der Waals surface area contributed by atoms with E-state index in [2.05, 4.69) is 25.7 Å². The van der Waals surface area contributed by atoms with Crippen molar-refractivity contribution in [3.05, 3.63) is 0 Å². The topological polar surface area (TPSA) is 0 Å². The summed E-state index contributed by atoms with van der Waals surface area (Å²) in [5.41, 5.74) is 0. The van der Waals surface area contributed by atoms with Crippen LogP contribution >= 0.6 is 11.6 Å². The second-order valence-electron chi connectivity index (χ2n) is 2.09. The largest absolute Gasteiger partial charge is 0.113 e. The zero-order valence-corrected chi connectivity index (χ0v) is 6.13. The van der Waals surface area contributed by atoms with Crippen molar-refractivity contribution in [2.45, 2.75) is 20.3 Å². The van der Waals surface area contributed by atoms with Crippen LogP contribution in [0.15, 0.2) is 0 Å². The highest BCUT2D eigenvalue weighted by Crippen LogP contribution is 1.95. The standard InChI is InChI=1S/C7H11Cl/c1-7(2)5-3-4-6-8/h7H,5-6H2,1-2H3. The molecule has 0 aromatic carbocycles. The lowest BCUT2D eigenvalue weighted by Crippen LogP contribution is -1.81. The van der Waals surface area contributed by atoms with Crippen molar-refractivity contribution in [2.75, 3.05) is 5.88 Å². The first kappa shape index (κ1) is 7.85. The highest BCUT2D eigenvalue weighted by atomic mass is 35.5. The van der Waals surface area contributed by atoms with Crippen LogP contribution in [0.4, 0.5) is 0 Å². The maximum Gasteiger partial charge on any atom is 0.0835 e. The van der Waals surface area contributed by atoms with Crippen molar-refractivity contribution < 1.29 is 0 Å². The van der Waals surface area contributed by atoms with Crippen molar-refractivity contribution in [2.24, 2.45) is 5.92 Å². The predicted molar refractivity (Wildman–Crippen MR) is 38.0 cm³/mol. The second-order valence-corrected chi connectivity index (χ2v) is 2.35. The highest BCUT2D eigenvalue weighted by Gasteiger charge is 1.84. The Morgan fingerprint density at radius 1 is 1.38 bits per heavy atom. The molecule has 0 bridgehead atoms. The summed E-state index contributed by atoms with van der Waals surface area (Å²) < 4.78 is 0. The summed E-state index contributed by atoms with van der Waals surface area (Å²) >= 11 is 5.31. The maximum atomic E-state index is 5.31.